The van der Waals surface area contributed by atoms with Crippen molar-refractivity contribution in [1.82, 2.24) is 10.5 Å². The van der Waals surface area contributed by atoms with Crippen LogP contribution in [0, 0.1) is 0 Å². The molecule has 3 N–H and O–H groups in total. The van der Waals surface area contributed by atoms with Crippen molar-refractivity contribution in [2.24, 2.45) is 5.73 Å². The van der Waals surface area contributed by atoms with Crippen LogP contribution in [-0.2, 0) is 6.54 Å². The van der Waals surface area contributed by atoms with Gasteiger partial charge in [0, 0.05) is 12.1 Å². The molecule has 0 bridgehead atoms. The van der Waals surface area contributed by atoms with E-state index in [1.165, 1.54) is 25.3 Å². The Morgan fingerprint density at radius 2 is 2.00 bits per heavy atom. The third kappa shape index (κ3) is 3.49. The highest BCUT2D eigenvalue weighted by Gasteiger charge is 2.16. The topological polar surface area (TPSA) is 107 Å². The molecule has 0 radical (unpaired) electrons. The van der Waals surface area contributed by atoms with Gasteiger partial charge in [0.15, 0.2) is 11.5 Å². The van der Waals surface area contributed by atoms with E-state index < -0.39 is 11.8 Å². The number of methoxy groups -OCH3 is 1. The predicted molar refractivity (Wildman–Crippen MR) is 79.2 cm³/mol. The molecule has 2 rings (SSSR count). The van der Waals surface area contributed by atoms with Crippen molar-refractivity contribution in [3.8, 4) is 5.75 Å². The van der Waals surface area contributed by atoms with Crippen LogP contribution in [0.5, 0.6) is 5.75 Å². The number of nitrogens with two attached hydrogens (primary N) is 1. The van der Waals surface area contributed by atoms with Crippen LogP contribution >= 0.6 is 23.2 Å². The molecule has 0 saturated heterocycles. The van der Waals surface area contributed by atoms with Gasteiger partial charge in [-0.3, -0.25) is 9.59 Å². The minimum absolute atomic E-state index is 0.0164. The molecule has 22 heavy (non-hydrogen) atoms. The van der Waals surface area contributed by atoms with Crippen LogP contribution in [0.15, 0.2) is 22.7 Å². The summed E-state index contributed by atoms with van der Waals surface area (Å²) in [5.74, 6) is -0.608. The average molecular weight is 344 g/mol. The molecule has 0 aliphatic heterocycles. The van der Waals surface area contributed by atoms with Gasteiger partial charge in [-0.05, 0) is 6.07 Å². The van der Waals surface area contributed by atoms with E-state index in [2.05, 4.69) is 10.5 Å². The lowest BCUT2D eigenvalue weighted by Crippen LogP contribution is -2.23. The summed E-state index contributed by atoms with van der Waals surface area (Å²) in [6.07, 6.45) is 0. The summed E-state index contributed by atoms with van der Waals surface area (Å²) in [7, 11) is 1.41. The van der Waals surface area contributed by atoms with Crippen LogP contribution in [0.1, 0.15) is 26.6 Å². The van der Waals surface area contributed by atoms with E-state index in [1.54, 1.807) is 0 Å². The van der Waals surface area contributed by atoms with Crippen molar-refractivity contribution in [1.29, 1.82) is 0 Å². The Morgan fingerprint density at radius 3 is 2.59 bits per heavy atom. The van der Waals surface area contributed by atoms with Gasteiger partial charge in [0.1, 0.15) is 5.75 Å². The number of primary amides is 1. The van der Waals surface area contributed by atoms with Crippen LogP contribution < -0.4 is 15.8 Å². The van der Waals surface area contributed by atoms with Gasteiger partial charge < -0.3 is 20.3 Å². The lowest BCUT2D eigenvalue weighted by molar-refractivity contribution is 0.0941. The standard InChI is InChI=1S/C13H11Cl2N3O4/c1-21-11-4-9(15)8(14)3-7(11)13(20)17-5-6-2-10(12(16)19)18-22-6/h2-4H,5H2,1H3,(H2,16,19)(H,17,20). The maximum absolute atomic E-state index is 12.2. The lowest BCUT2D eigenvalue weighted by atomic mass is 10.2. The Bertz CT molecular complexity index is 730. The first-order chi connectivity index (χ1) is 10.4. The largest absolute Gasteiger partial charge is 0.496 e. The first kappa shape index (κ1) is 16.1. The predicted octanol–water partition coefficient (Wildman–Crippen LogP) is 2.02. The second-order valence-electron chi connectivity index (χ2n) is 4.19. The number of halogens is 2. The highest BCUT2D eigenvalue weighted by atomic mass is 35.5. The van der Waals surface area contributed by atoms with Gasteiger partial charge in [0.25, 0.3) is 11.8 Å². The minimum atomic E-state index is -0.715. The Balaban J connectivity index is 2.12. The van der Waals surface area contributed by atoms with E-state index >= 15 is 0 Å². The van der Waals surface area contributed by atoms with Crippen molar-refractivity contribution in [3.05, 3.63) is 45.3 Å². The van der Waals surface area contributed by atoms with E-state index in [0.29, 0.717) is 0 Å². The monoisotopic (exact) mass is 343 g/mol. The molecular formula is C13H11Cl2N3O4. The smallest absolute Gasteiger partial charge is 0.270 e. The number of hydrogen-bond donors (Lipinski definition) is 2. The third-order valence-electron chi connectivity index (χ3n) is 2.72. The summed E-state index contributed by atoms with van der Waals surface area (Å²) >= 11 is 11.8. The highest BCUT2D eigenvalue weighted by Crippen LogP contribution is 2.30. The van der Waals surface area contributed by atoms with E-state index in [0.717, 1.165) is 0 Å². The molecule has 116 valence electrons. The molecular weight excluding hydrogens is 333 g/mol. The summed E-state index contributed by atoms with van der Waals surface area (Å²) in [5, 5.41) is 6.54. The van der Waals surface area contributed by atoms with Gasteiger partial charge in [0.2, 0.25) is 0 Å². The summed E-state index contributed by atoms with van der Waals surface area (Å²) in [5.41, 5.74) is 5.25. The lowest BCUT2D eigenvalue weighted by Gasteiger charge is -2.10. The Labute approximate surface area is 135 Å². The van der Waals surface area contributed by atoms with Gasteiger partial charge in [-0.1, -0.05) is 28.4 Å². The number of rotatable bonds is 5. The number of aromatic nitrogens is 1. The number of carbonyl (C=O) groups excluding carboxylic acids is 2. The van der Waals surface area contributed by atoms with Crippen LogP contribution in [0.25, 0.3) is 0 Å². The van der Waals surface area contributed by atoms with Gasteiger partial charge in [-0.2, -0.15) is 0 Å². The number of benzene rings is 1. The average Bonchev–Trinajstić information content (AvgIpc) is 2.96. The van der Waals surface area contributed by atoms with Crippen LogP contribution in [0.2, 0.25) is 10.0 Å². The number of amides is 2. The van der Waals surface area contributed by atoms with Gasteiger partial charge >= 0.3 is 0 Å². The Kier molecular flexibility index (Phi) is 4.89. The molecule has 0 spiro atoms. The fourth-order valence-corrected chi connectivity index (χ4v) is 1.97. The zero-order valence-corrected chi connectivity index (χ0v) is 12.9. The van der Waals surface area contributed by atoms with Crippen LogP contribution in [0.4, 0.5) is 0 Å². The first-order valence-electron chi connectivity index (χ1n) is 5.99. The molecule has 0 atom stereocenters. The van der Waals surface area contributed by atoms with Crippen molar-refractivity contribution < 1.29 is 18.8 Å². The molecule has 1 aromatic heterocycles. The zero-order valence-electron chi connectivity index (χ0n) is 11.4. The fraction of sp³-hybridized carbons (Fsp3) is 0.154. The molecule has 1 heterocycles. The maximum atomic E-state index is 12.2. The number of nitrogens with one attached hydrogen (secondary N) is 1. The van der Waals surface area contributed by atoms with Crippen molar-refractivity contribution >= 4 is 35.0 Å². The summed E-state index contributed by atoms with van der Waals surface area (Å²) in [4.78, 5) is 23.1. The van der Waals surface area contributed by atoms with E-state index in [-0.39, 0.29) is 39.4 Å². The molecule has 0 aliphatic carbocycles. The Hall–Kier alpha value is -2.25. The second-order valence-corrected chi connectivity index (χ2v) is 5.01. The third-order valence-corrected chi connectivity index (χ3v) is 3.44. The number of nitrogens with zero attached hydrogens (tertiary/aromatic N) is 1. The van der Waals surface area contributed by atoms with Crippen LogP contribution in [0.3, 0.4) is 0 Å². The molecule has 0 fully saturated rings. The minimum Gasteiger partial charge on any atom is -0.496 e. The van der Waals surface area contributed by atoms with E-state index in [9.17, 15) is 9.59 Å². The summed E-state index contributed by atoms with van der Waals surface area (Å²) in [6, 6.07) is 4.18. The van der Waals surface area contributed by atoms with Gasteiger partial charge in [0.05, 0.1) is 29.3 Å². The normalized spacial score (nSPS) is 10.3. The van der Waals surface area contributed by atoms with Gasteiger partial charge in [-0.25, -0.2) is 0 Å². The van der Waals surface area contributed by atoms with Crippen molar-refractivity contribution in [2.45, 2.75) is 6.54 Å². The molecule has 7 nitrogen and oxygen atoms in total. The fourth-order valence-electron chi connectivity index (χ4n) is 1.65. The maximum Gasteiger partial charge on any atom is 0.270 e. The molecule has 0 aliphatic rings. The number of ether oxygens (including phenoxy) is 1. The molecule has 2 amide bonds. The Morgan fingerprint density at radius 1 is 1.32 bits per heavy atom. The molecule has 2 aromatic rings. The molecule has 0 saturated carbocycles. The van der Waals surface area contributed by atoms with E-state index in [4.69, 9.17) is 38.2 Å². The SMILES string of the molecule is COc1cc(Cl)c(Cl)cc1C(=O)NCc1cc(C(N)=O)no1. The highest BCUT2D eigenvalue weighted by molar-refractivity contribution is 6.42. The van der Waals surface area contributed by atoms with E-state index in [1.807, 2.05) is 0 Å². The quantitative estimate of drug-likeness (QED) is 0.863. The number of hydrogen-bond acceptors (Lipinski definition) is 5. The second kappa shape index (κ2) is 6.67. The zero-order chi connectivity index (χ0) is 16.3. The molecule has 9 heteroatoms. The van der Waals surface area contributed by atoms with Gasteiger partial charge in [-0.15, -0.1) is 0 Å². The van der Waals surface area contributed by atoms with Crippen molar-refractivity contribution in [3.63, 3.8) is 0 Å². The first-order valence-corrected chi connectivity index (χ1v) is 6.74. The summed E-state index contributed by atoms with van der Waals surface area (Å²) in [6.45, 7) is 0.0164. The number of carbonyl (C=O) groups is 2. The van der Waals surface area contributed by atoms with Crippen molar-refractivity contribution in [2.75, 3.05) is 7.11 Å². The molecule has 0 unspecified atom stereocenters. The summed E-state index contributed by atoms with van der Waals surface area (Å²) < 4.78 is 9.96. The molecule has 1 aromatic carbocycles. The van der Waals surface area contributed by atoms with Crippen LogP contribution in [-0.4, -0.2) is 24.1 Å².